The Morgan fingerprint density at radius 1 is 0.958 bits per heavy atom. The third-order valence-electron chi connectivity index (χ3n) is 4.02. The average Bonchev–Trinajstić information content (AvgIpc) is 3.22. The summed E-state index contributed by atoms with van der Waals surface area (Å²) in [4.78, 5) is 4.62. The Hall–Kier alpha value is -1.09. The Balaban J connectivity index is 0.000000478. The van der Waals surface area contributed by atoms with Crippen molar-refractivity contribution < 1.29 is 4.74 Å². The molecular weight excluding hydrogens is 296 g/mol. The number of nitrogens with zero attached hydrogens (tertiary/aromatic N) is 1. The molecule has 0 atom stereocenters. The van der Waals surface area contributed by atoms with Gasteiger partial charge in [0.1, 0.15) is 5.82 Å². The predicted molar refractivity (Wildman–Crippen MR) is 107 cm³/mol. The van der Waals surface area contributed by atoms with E-state index in [9.17, 15) is 0 Å². The number of aryl methyl sites for hydroxylation is 2. The molecule has 0 bridgehead atoms. The molecule has 24 heavy (non-hydrogen) atoms. The van der Waals surface area contributed by atoms with E-state index >= 15 is 0 Å². The van der Waals surface area contributed by atoms with Gasteiger partial charge in [-0.05, 0) is 43.7 Å². The molecule has 3 heteroatoms. The lowest BCUT2D eigenvalue weighted by molar-refractivity contribution is 0.198. The standard InChI is InChI=1S/C13H22N2.C4H8O.C4H10/c1-4-6-7-8-12-10-9-11(5-2)13(14-3)15-12;1-2-4-5-3-1;1-3-4-2/h9-10H,4-8H2,1-3H3,(H,14,15);1-4H2;3-4H2,1-2H3. The van der Waals surface area contributed by atoms with E-state index in [-0.39, 0.29) is 0 Å². The van der Waals surface area contributed by atoms with E-state index in [1.807, 2.05) is 7.05 Å². The van der Waals surface area contributed by atoms with Crippen LogP contribution in [0.4, 0.5) is 5.82 Å². The maximum Gasteiger partial charge on any atom is 0.129 e. The van der Waals surface area contributed by atoms with Gasteiger partial charge in [-0.15, -0.1) is 0 Å². The van der Waals surface area contributed by atoms with Crippen LogP contribution in [-0.4, -0.2) is 25.2 Å². The third kappa shape index (κ3) is 11.4. The Bertz CT molecular complexity index is 380. The maximum atomic E-state index is 4.94. The van der Waals surface area contributed by atoms with Crippen LogP contribution in [0.25, 0.3) is 0 Å². The number of anilines is 1. The van der Waals surface area contributed by atoms with Gasteiger partial charge in [0.05, 0.1) is 0 Å². The van der Waals surface area contributed by atoms with Crippen LogP contribution in [0.3, 0.4) is 0 Å². The predicted octanol–water partition coefficient (Wildman–Crippen LogP) is 6.02. The van der Waals surface area contributed by atoms with Gasteiger partial charge in [0.25, 0.3) is 0 Å². The minimum absolute atomic E-state index is 1.00. The van der Waals surface area contributed by atoms with Crippen LogP contribution in [0.15, 0.2) is 12.1 Å². The molecule has 1 aliphatic heterocycles. The summed E-state index contributed by atoms with van der Waals surface area (Å²) in [7, 11) is 1.94. The quantitative estimate of drug-likeness (QED) is 0.618. The van der Waals surface area contributed by atoms with Gasteiger partial charge in [-0.25, -0.2) is 4.98 Å². The molecule has 0 aromatic carbocycles. The van der Waals surface area contributed by atoms with Crippen LogP contribution >= 0.6 is 0 Å². The molecule has 0 unspecified atom stereocenters. The molecule has 0 spiro atoms. The molecule has 0 aliphatic carbocycles. The van der Waals surface area contributed by atoms with Crippen LogP contribution in [-0.2, 0) is 17.6 Å². The second-order valence-electron chi connectivity index (χ2n) is 6.19. The van der Waals surface area contributed by atoms with E-state index in [0.717, 1.165) is 31.9 Å². The highest BCUT2D eigenvalue weighted by Crippen LogP contribution is 2.15. The normalized spacial score (nSPS) is 12.7. The van der Waals surface area contributed by atoms with Crippen molar-refractivity contribution in [1.82, 2.24) is 4.98 Å². The number of rotatable bonds is 7. The zero-order valence-electron chi connectivity index (χ0n) is 16.8. The number of aromatic nitrogens is 1. The Kier molecular flexibility index (Phi) is 16.0. The fourth-order valence-corrected chi connectivity index (χ4v) is 2.24. The lowest BCUT2D eigenvalue weighted by Gasteiger charge is -2.08. The lowest BCUT2D eigenvalue weighted by atomic mass is 10.1. The zero-order chi connectivity index (χ0) is 18.0. The van der Waals surface area contributed by atoms with Crippen molar-refractivity contribution in [2.24, 2.45) is 0 Å². The van der Waals surface area contributed by atoms with Crippen LogP contribution in [0.1, 0.15) is 83.9 Å². The molecule has 3 nitrogen and oxygen atoms in total. The number of ether oxygens (including phenoxy) is 1. The fourth-order valence-electron chi connectivity index (χ4n) is 2.24. The Labute approximate surface area is 150 Å². The van der Waals surface area contributed by atoms with Gasteiger partial charge < -0.3 is 10.1 Å². The highest BCUT2D eigenvalue weighted by molar-refractivity contribution is 5.44. The summed E-state index contributed by atoms with van der Waals surface area (Å²) in [6.07, 6.45) is 11.2. The first-order chi connectivity index (χ1) is 11.7. The van der Waals surface area contributed by atoms with Crippen molar-refractivity contribution in [3.05, 3.63) is 23.4 Å². The number of nitrogens with one attached hydrogen (secondary N) is 1. The van der Waals surface area contributed by atoms with Gasteiger partial charge in [0.15, 0.2) is 0 Å². The van der Waals surface area contributed by atoms with E-state index in [1.54, 1.807) is 0 Å². The number of unbranched alkanes of at least 4 members (excludes halogenated alkanes) is 3. The van der Waals surface area contributed by atoms with Crippen molar-refractivity contribution >= 4 is 5.82 Å². The van der Waals surface area contributed by atoms with Crippen LogP contribution in [0.5, 0.6) is 0 Å². The number of hydrogen-bond donors (Lipinski definition) is 1. The number of hydrogen-bond acceptors (Lipinski definition) is 3. The lowest BCUT2D eigenvalue weighted by Crippen LogP contribution is -2.01. The van der Waals surface area contributed by atoms with E-state index in [4.69, 9.17) is 4.74 Å². The average molecular weight is 337 g/mol. The van der Waals surface area contributed by atoms with Crippen molar-refractivity contribution in [2.45, 2.75) is 85.5 Å². The van der Waals surface area contributed by atoms with Crippen LogP contribution in [0.2, 0.25) is 0 Å². The molecule has 0 saturated carbocycles. The molecule has 1 saturated heterocycles. The first kappa shape index (κ1) is 22.9. The summed E-state index contributed by atoms with van der Waals surface area (Å²) in [5.41, 5.74) is 2.52. The van der Waals surface area contributed by atoms with Gasteiger partial charge in [0, 0.05) is 26.0 Å². The first-order valence-corrected chi connectivity index (χ1v) is 9.97. The summed E-state index contributed by atoms with van der Waals surface area (Å²) in [6.45, 7) is 10.8. The molecule has 140 valence electrons. The van der Waals surface area contributed by atoms with E-state index in [0.29, 0.717) is 0 Å². The second kappa shape index (κ2) is 16.8. The monoisotopic (exact) mass is 336 g/mol. The van der Waals surface area contributed by atoms with Crippen molar-refractivity contribution in [2.75, 3.05) is 25.6 Å². The summed E-state index contributed by atoms with van der Waals surface area (Å²) in [6, 6.07) is 4.36. The third-order valence-corrected chi connectivity index (χ3v) is 4.02. The Morgan fingerprint density at radius 2 is 1.62 bits per heavy atom. The highest BCUT2D eigenvalue weighted by Gasteiger charge is 2.02. The second-order valence-corrected chi connectivity index (χ2v) is 6.19. The molecule has 1 aliphatic rings. The molecule has 1 fully saturated rings. The molecule has 0 amide bonds. The summed E-state index contributed by atoms with van der Waals surface area (Å²) >= 11 is 0. The summed E-state index contributed by atoms with van der Waals surface area (Å²) < 4.78 is 4.94. The molecular formula is C21H40N2O. The molecule has 2 heterocycles. The highest BCUT2D eigenvalue weighted by atomic mass is 16.5. The van der Waals surface area contributed by atoms with E-state index in [1.165, 1.54) is 56.2 Å². The first-order valence-electron chi connectivity index (χ1n) is 9.97. The molecule has 1 aromatic rings. The minimum atomic E-state index is 1.00. The molecule has 1 N–H and O–H groups in total. The van der Waals surface area contributed by atoms with Crippen molar-refractivity contribution in [1.29, 1.82) is 0 Å². The molecule has 0 radical (unpaired) electrons. The van der Waals surface area contributed by atoms with Crippen LogP contribution < -0.4 is 5.32 Å². The van der Waals surface area contributed by atoms with Gasteiger partial charge in [-0.2, -0.15) is 0 Å². The van der Waals surface area contributed by atoms with Crippen molar-refractivity contribution in [3.63, 3.8) is 0 Å². The van der Waals surface area contributed by atoms with E-state index in [2.05, 4.69) is 50.1 Å². The fraction of sp³-hybridized carbons (Fsp3) is 0.762. The Morgan fingerprint density at radius 3 is 2.04 bits per heavy atom. The smallest absolute Gasteiger partial charge is 0.129 e. The summed E-state index contributed by atoms with van der Waals surface area (Å²) in [5, 5.41) is 3.17. The topological polar surface area (TPSA) is 34.1 Å². The zero-order valence-corrected chi connectivity index (χ0v) is 16.8. The SMILES string of the molecule is C1CCOC1.CCCC.CCCCCc1ccc(CC)c(NC)n1. The van der Waals surface area contributed by atoms with Gasteiger partial charge in [0.2, 0.25) is 0 Å². The minimum Gasteiger partial charge on any atom is -0.381 e. The maximum absolute atomic E-state index is 4.94. The largest absolute Gasteiger partial charge is 0.381 e. The molecule has 2 rings (SSSR count). The van der Waals surface area contributed by atoms with E-state index < -0.39 is 0 Å². The number of pyridine rings is 1. The molecule has 1 aromatic heterocycles. The summed E-state index contributed by atoms with van der Waals surface area (Å²) in [5.74, 6) is 1.05. The van der Waals surface area contributed by atoms with Crippen LogP contribution in [0, 0.1) is 0 Å². The van der Waals surface area contributed by atoms with Gasteiger partial charge >= 0.3 is 0 Å². The van der Waals surface area contributed by atoms with Gasteiger partial charge in [-0.3, -0.25) is 0 Å². The van der Waals surface area contributed by atoms with Crippen molar-refractivity contribution in [3.8, 4) is 0 Å². The van der Waals surface area contributed by atoms with Gasteiger partial charge in [-0.1, -0.05) is 59.4 Å².